The highest BCUT2D eigenvalue weighted by atomic mass is 28.4. The van der Waals surface area contributed by atoms with Crippen molar-refractivity contribution in [3.63, 3.8) is 0 Å². The van der Waals surface area contributed by atoms with Gasteiger partial charge in [0.1, 0.15) is 5.60 Å². The maximum atomic E-state index is 13.5. The molecule has 0 radical (unpaired) electrons. The van der Waals surface area contributed by atoms with Crippen LogP contribution in [0, 0.1) is 5.92 Å². The molecule has 3 atom stereocenters. The molecule has 2 aromatic carbocycles. The summed E-state index contributed by atoms with van der Waals surface area (Å²) in [5.74, 6) is -0.865. The molecule has 0 aromatic heterocycles. The summed E-state index contributed by atoms with van der Waals surface area (Å²) >= 11 is 0. The van der Waals surface area contributed by atoms with E-state index in [2.05, 4.69) is 26.1 Å². The summed E-state index contributed by atoms with van der Waals surface area (Å²) in [6.07, 6.45) is -0.605. The van der Waals surface area contributed by atoms with Crippen LogP contribution in [0.1, 0.15) is 59.1 Å². The Kier molecular flexibility index (Phi) is 10.5. The number of hydrogen-bond donors (Lipinski definition) is 2. The highest BCUT2D eigenvalue weighted by Crippen LogP contribution is 2.37. The van der Waals surface area contributed by atoms with Crippen molar-refractivity contribution in [2.75, 3.05) is 0 Å². The number of alkyl carbamates (subject to hydrolysis) is 1. The Bertz CT molecular complexity index is 996. The fourth-order valence-electron chi connectivity index (χ4n) is 3.72. The smallest absolute Gasteiger partial charge is 0.407 e. The van der Waals surface area contributed by atoms with Gasteiger partial charge in [-0.3, -0.25) is 4.79 Å². The van der Waals surface area contributed by atoms with Gasteiger partial charge >= 0.3 is 6.09 Å². The van der Waals surface area contributed by atoms with E-state index in [9.17, 15) is 14.7 Å². The van der Waals surface area contributed by atoms with Crippen molar-refractivity contribution in [2.45, 2.75) is 96.7 Å². The molecule has 1 amide bonds. The van der Waals surface area contributed by atoms with Gasteiger partial charge < -0.3 is 19.6 Å². The molecule has 0 aliphatic heterocycles. The number of hydrogen-bond acceptors (Lipinski definition) is 5. The first kappa shape index (κ1) is 30.6. The van der Waals surface area contributed by atoms with Crippen LogP contribution in [0.5, 0.6) is 0 Å². The topological polar surface area (TPSA) is 84.9 Å². The molecule has 0 aliphatic carbocycles. The number of benzene rings is 2. The van der Waals surface area contributed by atoms with Gasteiger partial charge in [0.25, 0.3) is 14.3 Å². The van der Waals surface area contributed by atoms with Crippen molar-refractivity contribution < 1.29 is 23.9 Å². The fraction of sp³-hybridized carbons (Fsp3) is 0.533. The van der Waals surface area contributed by atoms with Crippen LogP contribution in [0.2, 0.25) is 18.1 Å². The van der Waals surface area contributed by atoms with Crippen LogP contribution in [0.15, 0.2) is 60.7 Å². The van der Waals surface area contributed by atoms with Gasteiger partial charge in [0.05, 0.1) is 18.1 Å². The van der Waals surface area contributed by atoms with Crippen molar-refractivity contribution in [3.8, 4) is 0 Å². The Morgan fingerprint density at radius 2 is 1.35 bits per heavy atom. The van der Waals surface area contributed by atoms with E-state index in [-0.39, 0.29) is 17.4 Å². The Labute approximate surface area is 223 Å². The van der Waals surface area contributed by atoms with E-state index in [4.69, 9.17) is 9.16 Å². The van der Waals surface area contributed by atoms with Gasteiger partial charge in [0.2, 0.25) is 0 Å². The molecule has 0 spiro atoms. The van der Waals surface area contributed by atoms with Gasteiger partial charge in [-0.2, -0.15) is 0 Å². The minimum Gasteiger partial charge on any atom is -0.519 e. The highest BCUT2D eigenvalue weighted by Gasteiger charge is 2.42. The van der Waals surface area contributed by atoms with Crippen molar-refractivity contribution in [1.29, 1.82) is 0 Å². The van der Waals surface area contributed by atoms with Gasteiger partial charge in [-0.25, -0.2) is 4.79 Å². The normalized spacial score (nSPS) is 14.8. The van der Waals surface area contributed by atoms with Gasteiger partial charge in [-0.15, -0.1) is 0 Å². The Morgan fingerprint density at radius 3 is 1.81 bits per heavy atom. The summed E-state index contributed by atoms with van der Waals surface area (Å²) in [5.41, 5.74) is 1.28. The molecule has 3 unspecified atom stereocenters. The first-order valence-electron chi connectivity index (χ1n) is 13.1. The van der Waals surface area contributed by atoms with Crippen molar-refractivity contribution in [3.05, 3.63) is 71.8 Å². The molecule has 0 saturated carbocycles. The summed E-state index contributed by atoms with van der Waals surface area (Å²) < 4.78 is 11.6. The largest absolute Gasteiger partial charge is 0.519 e. The molecule has 2 N–H and O–H groups in total. The van der Waals surface area contributed by atoms with Crippen molar-refractivity contribution in [2.24, 2.45) is 5.92 Å². The zero-order valence-electron chi connectivity index (χ0n) is 23.7. The van der Waals surface area contributed by atoms with Gasteiger partial charge in [-0.1, -0.05) is 81.4 Å². The average molecular weight is 528 g/mol. The van der Waals surface area contributed by atoms with E-state index in [1.807, 2.05) is 73.8 Å². The number of aliphatic hydroxyl groups excluding tert-OH is 1. The third-order valence-electron chi connectivity index (χ3n) is 6.81. The highest BCUT2D eigenvalue weighted by molar-refractivity contribution is 6.75. The quantitative estimate of drug-likeness (QED) is 0.355. The summed E-state index contributed by atoms with van der Waals surface area (Å²) in [5, 5.41) is 14.1. The lowest BCUT2D eigenvalue weighted by molar-refractivity contribution is -0.141. The molecule has 6 nitrogen and oxygen atoms in total. The van der Waals surface area contributed by atoms with E-state index < -0.39 is 38.1 Å². The standard InChI is InChI=1S/C30H45NO5Si/c1-29(2,3)35-28(34)31-25(20-23-17-13-10-14-18-23)26(32)21-24(19-22-15-11-9-12-16-22)27(33)36-37(7,8)30(4,5)6/h9-18,24-26,32H,19-21H2,1-8H3,(H,31,34). The van der Waals surface area contributed by atoms with E-state index in [1.165, 1.54) is 0 Å². The third kappa shape index (κ3) is 10.3. The summed E-state index contributed by atoms with van der Waals surface area (Å²) in [4.78, 5) is 26.2. The second kappa shape index (κ2) is 12.7. The van der Waals surface area contributed by atoms with Crippen LogP contribution >= 0.6 is 0 Å². The van der Waals surface area contributed by atoms with E-state index in [0.717, 1.165) is 11.1 Å². The molecular weight excluding hydrogens is 482 g/mol. The van der Waals surface area contributed by atoms with Crippen LogP contribution in [-0.2, 0) is 26.8 Å². The molecule has 7 heteroatoms. The van der Waals surface area contributed by atoms with Crippen LogP contribution < -0.4 is 5.32 Å². The first-order valence-corrected chi connectivity index (χ1v) is 16.0. The monoisotopic (exact) mass is 527 g/mol. The Morgan fingerprint density at radius 1 is 0.865 bits per heavy atom. The summed E-state index contributed by atoms with van der Waals surface area (Å²) in [6.45, 7) is 15.7. The third-order valence-corrected chi connectivity index (χ3v) is 11.1. The number of aliphatic hydroxyl groups is 1. The van der Waals surface area contributed by atoms with Gasteiger partial charge in [0, 0.05) is 0 Å². The maximum Gasteiger partial charge on any atom is 0.407 e. The zero-order valence-corrected chi connectivity index (χ0v) is 24.7. The second-order valence-corrected chi connectivity index (χ2v) is 17.0. The molecule has 2 rings (SSSR count). The van der Waals surface area contributed by atoms with E-state index >= 15 is 0 Å². The van der Waals surface area contributed by atoms with Crippen molar-refractivity contribution in [1.82, 2.24) is 5.32 Å². The number of carbonyl (C=O) groups is 2. The van der Waals surface area contributed by atoms with Crippen LogP contribution in [0.3, 0.4) is 0 Å². The van der Waals surface area contributed by atoms with E-state index in [0.29, 0.717) is 12.8 Å². The maximum absolute atomic E-state index is 13.5. The van der Waals surface area contributed by atoms with Crippen LogP contribution in [-0.4, -0.2) is 43.2 Å². The number of nitrogens with one attached hydrogen (secondary N) is 1. The number of carbonyl (C=O) groups excluding carboxylic acids is 2. The number of rotatable bonds is 10. The van der Waals surface area contributed by atoms with Gasteiger partial charge in [0.15, 0.2) is 0 Å². The average Bonchev–Trinajstić information content (AvgIpc) is 2.77. The molecule has 0 saturated heterocycles. The Hall–Kier alpha value is -2.64. The second-order valence-electron chi connectivity index (χ2n) is 12.3. The fourth-order valence-corrected chi connectivity index (χ4v) is 4.69. The number of amides is 1. The van der Waals surface area contributed by atoms with Crippen molar-refractivity contribution >= 4 is 20.4 Å². The molecule has 0 aliphatic rings. The summed E-state index contributed by atoms with van der Waals surface area (Å²) in [7, 11) is -2.36. The SMILES string of the molecule is CC(C)(C)OC(=O)NC(Cc1ccccc1)C(O)CC(Cc1ccccc1)C(=O)O[Si](C)(C)C(C)(C)C. The van der Waals surface area contributed by atoms with Crippen LogP contribution in [0.25, 0.3) is 0 Å². The molecule has 2 aromatic rings. The lowest BCUT2D eigenvalue weighted by atomic mass is 9.89. The molecule has 204 valence electrons. The zero-order chi connectivity index (χ0) is 27.9. The molecular formula is C30H45NO5Si. The first-order chi connectivity index (χ1) is 17.1. The minimum absolute atomic E-state index is 0.132. The lowest BCUT2D eigenvalue weighted by Crippen LogP contribution is -2.49. The molecule has 0 heterocycles. The molecule has 0 fully saturated rings. The minimum atomic E-state index is -2.36. The van der Waals surface area contributed by atoms with E-state index in [1.54, 1.807) is 20.8 Å². The number of ether oxygens (including phenoxy) is 1. The lowest BCUT2D eigenvalue weighted by Gasteiger charge is -2.37. The predicted octanol–water partition coefficient (Wildman–Crippen LogP) is 6.28. The molecule has 0 bridgehead atoms. The Balaban J connectivity index is 2.29. The predicted molar refractivity (Wildman–Crippen MR) is 151 cm³/mol. The van der Waals surface area contributed by atoms with Crippen LogP contribution in [0.4, 0.5) is 4.79 Å². The summed E-state index contributed by atoms with van der Waals surface area (Å²) in [6, 6.07) is 18.8. The van der Waals surface area contributed by atoms with Gasteiger partial charge in [-0.05, 0) is 69.3 Å². The molecule has 37 heavy (non-hydrogen) atoms.